The van der Waals surface area contributed by atoms with Gasteiger partial charge >= 0.3 is 0 Å². The van der Waals surface area contributed by atoms with Crippen molar-refractivity contribution in [3.63, 3.8) is 0 Å². The Labute approximate surface area is 62.1 Å². The number of carbonyl (C=O) groups excluding carboxylic acids is 1. The van der Waals surface area contributed by atoms with Crippen LogP contribution in [0.25, 0.3) is 0 Å². The zero-order chi connectivity index (χ0) is 7.82. The molecule has 2 nitrogen and oxygen atoms in total. The Morgan fingerprint density at radius 1 is 1.50 bits per heavy atom. The first kappa shape index (κ1) is 9.21. The summed E-state index contributed by atoms with van der Waals surface area (Å²) < 4.78 is 0. The van der Waals surface area contributed by atoms with Crippen molar-refractivity contribution < 1.29 is 4.79 Å². The lowest BCUT2D eigenvalue weighted by atomic mass is 10.1. The molecule has 0 atom stereocenters. The Hall–Kier alpha value is -0.790. The molecule has 0 aliphatic carbocycles. The minimum absolute atomic E-state index is 0.698. The molecule has 0 rings (SSSR count). The number of aldehydes is 1. The monoisotopic (exact) mass is 141 g/mol. The van der Waals surface area contributed by atoms with E-state index in [0.29, 0.717) is 5.70 Å². The number of unbranched alkanes of at least 4 members (excludes halogenated alkanes) is 2. The molecule has 0 aliphatic heterocycles. The summed E-state index contributed by atoms with van der Waals surface area (Å²) in [7, 11) is 0. The van der Waals surface area contributed by atoms with Crippen LogP contribution in [0.2, 0.25) is 0 Å². The summed E-state index contributed by atoms with van der Waals surface area (Å²) in [5, 5.41) is 0. The van der Waals surface area contributed by atoms with Gasteiger partial charge in [0.15, 0.2) is 0 Å². The highest BCUT2D eigenvalue weighted by Gasteiger charge is 1.88. The zero-order valence-corrected chi connectivity index (χ0v) is 6.47. The minimum atomic E-state index is 0.698. The molecule has 58 valence electrons. The first-order chi connectivity index (χ1) is 4.81. The van der Waals surface area contributed by atoms with E-state index in [2.05, 4.69) is 6.92 Å². The lowest BCUT2D eigenvalue weighted by molar-refractivity contribution is -0.104. The molecule has 0 bridgehead atoms. The van der Waals surface area contributed by atoms with Crippen LogP contribution in [-0.2, 0) is 4.79 Å². The Morgan fingerprint density at radius 2 is 2.20 bits per heavy atom. The van der Waals surface area contributed by atoms with Crippen molar-refractivity contribution in [3.8, 4) is 0 Å². The SMILES string of the molecule is CCCCC/C(N)=C/C=O. The summed E-state index contributed by atoms with van der Waals surface area (Å²) in [5.41, 5.74) is 6.15. The topological polar surface area (TPSA) is 43.1 Å². The van der Waals surface area contributed by atoms with Gasteiger partial charge in [-0.2, -0.15) is 0 Å². The number of hydrogen-bond acceptors (Lipinski definition) is 2. The largest absolute Gasteiger partial charge is 0.402 e. The van der Waals surface area contributed by atoms with Gasteiger partial charge in [-0.3, -0.25) is 4.79 Å². The zero-order valence-electron chi connectivity index (χ0n) is 6.47. The predicted molar refractivity (Wildman–Crippen MR) is 42.5 cm³/mol. The highest BCUT2D eigenvalue weighted by atomic mass is 16.1. The molecule has 0 saturated carbocycles. The molecular formula is C8H15NO. The van der Waals surface area contributed by atoms with Crippen LogP contribution in [0.1, 0.15) is 32.6 Å². The van der Waals surface area contributed by atoms with E-state index >= 15 is 0 Å². The van der Waals surface area contributed by atoms with Crippen LogP contribution in [-0.4, -0.2) is 6.29 Å². The minimum Gasteiger partial charge on any atom is -0.402 e. The quantitative estimate of drug-likeness (QED) is 0.359. The van der Waals surface area contributed by atoms with E-state index in [1.807, 2.05) is 0 Å². The molecule has 0 fully saturated rings. The second-order valence-electron chi connectivity index (χ2n) is 2.33. The summed E-state index contributed by atoms with van der Waals surface area (Å²) in [4.78, 5) is 9.89. The molecule has 0 radical (unpaired) electrons. The van der Waals surface area contributed by atoms with Gasteiger partial charge in [0.05, 0.1) is 0 Å². The third-order valence-electron chi connectivity index (χ3n) is 1.35. The van der Waals surface area contributed by atoms with Gasteiger partial charge in [0.25, 0.3) is 0 Å². The fourth-order valence-electron chi connectivity index (χ4n) is 0.750. The molecule has 0 heterocycles. The van der Waals surface area contributed by atoms with E-state index in [0.717, 1.165) is 19.1 Å². The van der Waals surface area contributed by atoms with Crippen LogP contribution in [0.15, 0.2) is 11.8 Å². The number of rotatable bonds is 5. The molecule has 0 aromatic rings. The third-order valence-corrected chi connectivity index (χ3v) is 1.35. The van der Waals surface area contributed by atoms with E-state index < -0.39 is 0 Å². The van der Waals surface area contributed by atoms with Crippen molar-refractivity contribution in [2.75, 3.05) is 0 Å². The van der Waals surface area contributed by atoms with Gasteiger partial charge in [-0.25, -0.2) is 0 Å². The molecule has 0 spiro atoms. The molecular weight excluding hydrogens is 126 g/mol. The van der Waals surface area contributed by atoms with E-state index in [4.69, 9.17) is 5.73 Å². The van der Waals surface area contributed by atoms with Gasteiger partial charge in [0.1, 0.15) is 6.29 Å². The van der Waals surface area contributed by atoms with Crippen molar-refractivity contribution in [2.45, 2.75) is 32.6 Å². The maximum absolute atomic E-state index is 9.89. The predicted octanol–water partition coefficient (Wildman–Crippen LogP) is 1.61. The van der Waals surface area contributed by atoms with Crippen LogP contribution in [0.5, 0.6) is 0 Å². The van der Waals surface area contributed by atoms with Crippen LogP contribution in [0.3, 0.4) is 0 Å². The fourth-order valence-corrected chi connectivity index (χ4v) is 0.750. The fraction of sp³-hybridized carbons (Fsp3) is 0.625. The average Bonchev–Trinajstić information content (AvgIpc) is 1.89. The van der Waals surface area contributed by atoms with Gasteiger partial charge in [-0.15, -0.1) is 0 Å². The summed E-state index contributed by atoms with van der Waals surface area (Å²) in [5.74, 6) is 0. The second-order valence-corrected chi connectivity index (χ2v) is 2.33. The van der Waals surface area contributed by atoms with Crippen LogP contribution in [0.4, 0.5) is 0 Å². The molecule has 0 saturated heterocycles. The highest BCUT2D eigenvalue weighted by Crippen LogP contribution is 2.02. The van der Waals surface area contributed by atoms with Crippen LogP contribution in [0, 0.1) is 0 Å². The summed E-state index contributed by atoms with van der Waals surface area (Å²) >= 11 is 0. The second kappa shape index (κ2) is 6.33. The van der Waals surface area contributed by atoms with Gasteiger partial charge in [-0.05, 0) is 18.9 Å². The van der Waals surface area contributed by atoms with E-state index in [1.54, 1.807) is 0 Å². The number of nitrogens with two attached hydrogens (primary N) is 1. The molecule has 2 heteroatoms. The lowest BCUT2D eigenvalue weighted by Crippen LogP contribution is -1.96. The van der Waals surface area contributed by atoms with Crippen molar-refractivity contribution >= 4 is 6.29 Å². The Kier molecular flexibility index (Phi) is 5.83. The van der Waals surface area contributed by atoms with Crippen molar-refractivity contribution in [3.05, 3.63) is 11.8 Å². The molecule has 0 unspecified atom stereocenters. The van der Waals surface area contributed by atoms with E-state index in [1.165, 1.54) is 18.9 Å². The molecule has 0 aliphatic rings. The smallest absolute Gasteiger partial charge is 0.144 e. The van der Waals surface area contributed by atoms with Crippen molar-refractivity contribution in [1.82, 2.24) is 0 Å². The maximum Gasteiger partial charge on any atom is 0.144 e. The summed E-state index contributed by atoms with van der Waals surface area (Å²) in [6, 6.07) is 0. The average molecular weight is 141 g/mol. The molecule has 0 amide bonds. The standard InChI is InChI=1S/C8H15NO/c1-2-3-4-5-8(9)6-7-10/h6-7H,2-5,9H2,1H3/b8-6-. The first-order valence-electron chi connectivity index (χ1n) is 3.71. The van der Waals surface area contributed by atoms with Gasteiger partial charge in [0.2, 0.25) is 0 Å². The van der Waals surface area contributed by atoms with E-state index in [9.17, 15) is 4.79 Å². The summed E-state index contributed by atoms with van der Waals surface area (Å²) in [6.45, 7) is 2.14. The molecule has 2 N–H and O–H groups in total. The highest BCUT2D eigenvalue weighted by molar-refractivity contribution is 5.65. The van der Waals surface area contributed by atoms with Crippen LogP contribution >= 0.6 is 0 Å². The van der Waals surface area contributed by atoms with Crippen molar-refractivity contribution in [1.29, 1.82) is 0 Å². The molecule has 10 heavy (non-hydrogen) atoms. The first-order valence-corrected chi connectivity index (χ1v) is 3.71. The van der Waals surface area contributed by atoms with E-state index in [-0.39, 0.29) is 0 Å². The summed E-state index contributed by atoms with van der Waals surface area (Å²) in [6.07, 6.45) is 6.48. The number of hydrogen-bond donors (Lipinski definition) is 1. The lowest BCUT2D eigenvalue weighted by Gasteiger charge is -1.96. The van der Waals surface area contributed by atoms with Crippen molar-refractivity contribution in [2.24, 2.45) is 5.73 Å². The van der Waals surface area contributed by atoms with Gasteiger partial charge in [0, 0.05) is 5.70 Å². The van der Waals surface area contributed by atoms with Gasteiger partial charge in [-0.1, -0.05) is 19.8 Å². The molecule has 0 aromatic carbocycles. The number of allylic oxidation sites excluding steroid dienone is 2. The Morgan fingerprint density at radius 3 is 2.70 bits per heavy atom. The number of carbonyl (C=O) groups is 1. The van der Waals surface area contributed by atoms with Gasteiger partial charge < -0.3 is 5.73 Å². The third kappa shape index (κ3) is 5.35. The maximum atomic E-state index is 9.89. The normalized spacial score (nSPS) is 11.5. The van der Waals surface area contributed by atoms with Crippen LogP contribution < -0.4 is 5.73 Å². The molecule has 0 aromatic heterocycles. The Bertz CT molecular complexity index is 118. The Balaban J connectivity index is 3.29.